The van der Waals surface area contributed by atoms with Gasteiger partial charge >= 0.3 is 0 Å². The minimum atomic E-state index is 0.0503. The van der Waals surface area contributed by atoms with Gasteiger partial charge in [0.2, 0.25) is 5.91 Å². The maximum atomic E-state index is 12.3. The lowest BCUT2D eigenvalue weighted by atomic mass is 10.1. The van der Waals surface area contributed by atoms with E-state index in [1.54, 1.807) is 0 Å². The van der Waals surface area contributed by atoms with Crippen molar-refractivity contribution in [2.45, 2.75) is 63.7 Å². The molecule has 0 spiro atoms. The van der Waals surface area contributed by atoms with Crippen molar-refractivity contribution >= 4 is 17.7 Å². The summed E-state index contributed by atoms with van der Waals surface area (Å²) >= 11 is 1.48. The summed E-state index contributed by atoms with van der Waals surface area (Å²) in [7, 11) is 4.14. The van der Waals surface area contributed by atoms with E-state index < -0.39 is 0 Å². The van der Waals surface area contributed by atoms with Crippen LogP contribution in [0.3, 0.4) is 0 Å². The molecule has 1 N–H and O–H groups in total. The van der Waals surface area contributed by atoms with E-state index in [0.717, 1.165) is 49.6 Å². The largest absolute Gasteiger partial charge is 0.355 e. The Kier molecular flexibility index (Phi) is 10.2. The summed E-state index contributed by atoms with van der Waals surface area (Å²) in [5.41, 5.74) is 1.30. The van der Waals surface area contributed by atoms with Gasteiger partial charge in [0, 0.05) is 13.1 Å². The SMILES string of the molecule is CCCCn1c(SCC(=O)NCCCc2ccccc2)nnc1C(CC)N(C)C. The van der Waals surface area contributed by atoms with Crippen LogP contribution < -0.4 is 5.32 Å². The summed E-state index contributed by atoms with van der Waals surface area (Å²) in [5, 5.41) is 12.7. The lowest BCUT2D eigenvalue weighted by Crippen LogP contribution is -2.26. The Morgan fingerprint density at radius 1 is 1.17 bits per heavy atom. The molecule has 0 bridgehead atoms. The molecule has 0 saturated heterocycles. The van der Waals surface area contributed by atoms with Gasteiger partial charge in [-0.25, -0.2) is 0 Å². The van der Waals surface area contributed by atoms with Crippen LogP contribution >= 0.6 is 11.8 Å². The van der Waals surface area contributed by atoms with E-state index in [0.29, 0.717) is 12.3 Å². The first-order valence-corrected chi connectivity index (χ1v) is 11.6. The number of hydrogen-bond acceptors (Lipinski definition) is 5. The molecule has 1 heterocycles. The second-order valence-electron chi connectivity index (χ2n) is 7.46. The first-order valence-electron chi connectivity index (χ1n) is 10.6. The predicted molar refractivity (Wildman–Crippen MR) is 120 cm³/mol. The minimum absolute atomic E-state index is 0.0503. The third-order valence-corrected chi connectivity index (χ3v) is 5.90. The molecule has 2 rings (SSSR count). The molecule has 6 nitrogen and oxygen atoms in total. The standard InChI is InChI=1S/C22H35N5OS/c1-5-7-16-27-21(19(6-2)26(3)4)24-25-22(27)29-17-20(28)23-15-11-14-18-12-9-8-10-13-18/h8-10,12-13,19H,5-7,11,14-17H2,1-4H3,(H,23,28). The molecule has 0 aliphatic carbocycles. The molecule has 0 radical (unpaired) electrons. The van der Waals surface area contributed by atoms with E-state index in [4.69, 9.17) is 0 Å². The number of benzene rings is 1. The van der Waals surface area contributed by atoms with Gasteiger partial charge in [0.25, 0.3) is 0 Å². The average molecular weight is 418 g/mol. The van der Waals surface area contributed by atoms with Gasteiger partial charge in [0.15, 0.2) is 11.0 Å². The van der Waals surface area contributed by atoms with Crippen molar-refractivity contribution < 1.29 is 4.79 Å². The van der Waals surface area contributed by atoms with Crippen LogP contribution in [-0.2, 0) is 17.8 Å². The maximum absolute atomic E-state index is 12.3. The van der Waals surface area contributed by atoms with Crippen molar-refractivity contribution in [3.8, 4) is 0 Å². The van der Waals surface area contributed by atoms with Crippen LogP contribution in [-0.4, -0.2) is 52.0 Å². The quantitative estimate of drug-likeness (QED) is 0.395. The number of nitrogens with one attached hydrogen (secondary N) is 1. The molecular weight excluding hydrogens is 382 g/mol. The van der Waals surface area contributed by atoms with Crippen LogP contribution in [0.25, 0.3) is 0 Å². The van der Waals surface area contributed by atoms with Gasteiger partial charge in [0.05, 0.1) is 11.8 Å². The van der Waals surface area contributed by atoms with Gasteiger partial charge in [-0.15, -0.1) is 10.2 Å². The Hall–Kier alpha value is -1.86. The molecule has 0 fully saturated rings. The summed E-state index contributed by atoms with van der Waals surface area (Å²) in [6.45, 7) is 5.94. The van der Waals surface area contributed by atoms with Gasteiger partial charge in [-0.05, 0) is 45.3 Å². The summed E-state index contributed by atoms with van der Waals surface area (Å²) < 4.78 is 2.20. The number of amides is 1. The van der Waals surface area contributed by atoms with Gasteiger partial charge in [-0.2, -0.15) is 0 Å². The third-order valence-electron chi connectivity index (χ3n) is 4.93. The minimum Gasteiger partial charge on any atom is -0.355 e. The lowest BCUT2D eigenvalue weighted by Gasteiger charge is -2.23. The summed E-state index contributed by atoms with van der Waals surface area (Å²) in [4.78, 5) is 14.4. The summed E-state index contributed by atoms with van der Waals surface area (Å²) in [5.74, 6) is 1.42. The first kappa shape index (κ1) is 23.4. The Morgan fingerprint density at radius 2 is 1.93 bits per heavy atom. The molecule has 29 heavy (non-hydrogen) atoms. The van der Waals surface area contributed by atoms with E-state index in [1.807, 2.05) is 18.2 Å². The zero-order chi connectivity index (χ0) is 21.1. The number of carbonyl (C=O) groups is 1. The predicted octanol–water partition coefficient (Wildman–Crippen LogP) is 3.93. The molecule has 1 aromatic carbocycles. The summed E-state index contributed by atoms with van der Waals surface area (Å²) in [6.07, 6.45) is 5.09. The number of aryl methyl sites for hydroxylation is 1. The molecule has 0 aliphatic rings. The Balaban J connectivity index is 1.86. The van der Waals surface area contributed by atoms with Crippen molar-refractivity contribution in [2.75, 3.05) is 26.4 Å². The second kappa shape index (κ2) is 12.6. The average Bonchev–Trinajstić information content (AvgIpc) is 3.11. The molecule has 160 valence electrons. The normalized spacial score (nSPS) is 12.3. The molecule has 1 aromatic heterocycles. The second-order valence-corrected chi connectivity index (χ2v) is 8.40. The lowest BCUT2D eigenvalue weighted by molar-refractivity contribution is -0.118. The monoisotopic (exact) mass is 417 g/mol. The smallest absolute Gasteiger partial charge is 0.230 e. The number of unbranched alkanes of at least 4 members (excludes halogenated alkanes) is 1. The summed E-state index contributed by atoms with van der Waals surface area (Å²) in [6, 6.07) is 10.6. The topological polar surface area (TPSA) is 63.1 Å². The van der Waals surface area contributed by atoms with Crippen molar-refractivity contribution in [2.24, 2.45) is 0 Å². The fraction of sp³-hybridized carbons (Fsp3) is 0.591. The number of nitrogens with zero attached hydrogens (tertiary/aromatic N) is 4. The zero-order valence-corrected chi connectivity index (χ0v) is 19.0. The van der Waals surface area contributed by atoms with E-state index in [-0.39, 0.29) is 11.9 Å². The van der Waals surface area contributed by atoms with Gasteiger partial charge in [-0.3, -0.25) is 9.69 Å². The fourth-order valence-corrected chi connectivity index (χ4v) is 4.11. The Bertz CT molecular complexity index is 732. The zero-order valence-electron chi connectivity index (χ0n) is 18.2. The van der Waals surface area contributed by atoms with Crippen molar-refractivity contribution in [3.63, 3.8) is 0 Å². The van der Waals surface area contributed by atoms with Gasteiger partial charge in [-0.1, -0.05) is 62.4 Å². The maximum Gasteiger partial charge on any atom is 0.230 e. The Morgan fingerprint density at radius 3 is 2.59 bits per heavy atom. The highest BCUT2D eigenvalue weighted by Gasteiger charge is 2.22. The highest BCUT2D eigenvalue weighted by atomic mass is 32.2. The number of thioether (sulfide) groups is 1. The van der Waals surface area contributed by atoms with Crippen LogP contribution in [0.4, 0.5) is 0 Å². The number of rotatable bonds is 13. The fourth-order valence-electron chi connectivity index (χ4n) is 3.30. The van der Waals surface area contributed by atoms with E-state index in [2.05, 4.69) is 65.1 Å². The van der Waals surface area contributed by atoms with Crippen molar-refractivity contribution in [3.05, 3.63) is 41.7 Å². The number of carbonyl (C=O) groups excluding carboxylic acids is 1. The van der Waals surface area contributed by atoms with Crippen LogP contribution in [0.5, 0.6) is 0 Å². The van der Waals surface area contributed by atoms with Gasteiger partial charge in [0.1, 0.15) is 0 Å². The molecule has 2 aromatic rings. The van der Waals surface area contributed by atoms with Crippen LogP contribution in [0, 0.1) is 0 Å². The van der Waals surface area contributed by atoms with Crippen molar-refractivity contribution in [1.29, 1.82) is 0 Å². The van der Waals surface area contributed by atoms with Crippen LogP contribution in [0.2, 0.25) is 0 Å². The highest BCUT2D eigenvalue weighted by Crippen LogP contribution is 2.25. The molecule has 1 unspecified atom stereocenters. The number of hydrogen-bond donors (Lipinski definition) is 1. The van der Waals surface area contributed by atoms with E-state index in [9.17, 15) is 4.79 Å². The van der Waals surface area contributed by atoms with E-state index in [1.165, 1.54) is 17.3 Å². The van der Waals surface area contributed by atoms with E-state index >= 15 is 0 Å². The molecular formula is C22H35N5OS. The molecule has 1 atom stereocenters. The van der Waals surface area contributed by atoms with Crippen LogP contribution in [0.1, 0.15) is 57.0 Å². The van der Waals surface area contributed by atoms with Gasteiger partial charge < -0.3 is 9.88 Å². The molecule has 1 amide bonds. The molecule has 0 aliphatic heterocycles. The third kappa shape index (κ3) is 7.48. The highest BCUT2D eigenvalue weighted by molar-refractivity contribution is 7.99. The molecule has 0 saturated carbocycles. The Labute approximate surface area is 179 Å². The van der Waals surface area contributed by atoms with Crippen molar-refractivity contribution in [1.82, 2.24) is 25.0 Å². The number of aromatic nitrogens is 3. The molecule has 7 heteroatoms. The first-order chi connectivity index (χ1) is 14.1. The van der Waals surface area contributed by atoms with Crippen LogP contribution in [0.15, 0.2) is 35.5 Å².